The number of carbonyl (C=O) groups is 2. The van der Waals surface area contributed by atoms with E-state index in [1.54, 1.807) is 68.0 Å². The molecular formula is C27H23N5O3S. The summed E-state index contributed by atoms with van der Waals surface area (Å²) in [7, 11) is 0.888. The minimum Gasteiger partial charge on any atom is -0.507 e. The monoisotopic (exact) mass is 497 g/mol. The minimum absolute atomic E-state index is 0.0990. The van der Waals surface area contributed by atoms with E-state index in [0.29, 0.717) is 33.0 Å². The highest BCUT2D eigenvalue weighted by Gasteiger charge is 2.13. The standard InChI is InChI=1S/C27H23N5O3S/c1-18-14-23(32(2)30-18)27(35)29-22-9-5-4-8-20(22)13-12-19-15-21(17-28-16-19)26(34)31-36(3)25-11-7-6-10-24(25)33/h4-11,14-17,33H,1-3H3,(H,29,35)/t36-/m0/s1. The molecule has 9 heteroatoms. The number of amides is 2. The summed E-state index contributed by atoms with van der Waals surface area (Å²) in [5.74, 6) is 5.42. The molecule has 2 aromatic carbocycles. The summed E-state index contributed by atoms with van der Waals surface area (Å²) in [6.07, 6.45) is 4.75. The van der Waals surface area contributed by atoms with Crippen molar-refractivity contribution in [3.8, 4) is 17.6 Å². The van der Waals surface area contributed by atoms with E-state index in [2.05, 4.69) is 31.6 Å². The van der Waals surface area contributed by atoms with Crippen LogP contribution in [0.2, 0.25) is 0 Å². The Kier molecular flexibility index (Phi) is 7.37. The van der Waals surface area contributed by atoms with Gasteiger partial charge in [0.1, 0.15) is 11.4 Å². The number of aromatic hydroxyl groups is 1. The molecule has 0 fully saturated rings. The normalized spacial score (nSPS) is 11.4. The van der Waals surface area contributed by atoms with Crippen LogP contribution in [-0.4, -0.2) is 37.9 Å². The average Bonchev–Trinajstić information content (AvgIpc) is 3.21. The molecule has 1 atom stereocenters. The third-order valence-corrected chi connectivity index (χ3v) is 6.56. The fourth-order valence-corrected chi connectivity index (χ4v) is 4.51. The van der Waals surface area contributed by atoms with Gasteiger partial charge in [-0.3, -0.25) is 19.3 Å². The molecule has 0 bridgehead atoms. The fraction of sp³-hybridized carbons (Fsp3) is 0.111. The topological polar surface area (TPSA) is 109 Å². The van der Waals surface area contributed by atoms with Gasteiger partial charge in [-0.25, -0.2) is 0 Å². The van der Waals surface area contributed by atoms with Crippen LogP contribution in [0.5, 0.6) is 5.75 Å². The highest BCUT2D eigenvalue weighted by atomic mass is 32.2. The first-order valence-corrected chi connectivity index (χ1v) is 12.5. The number of aromatic nitrogens is 3. The van der Waals surface area contributed by atoms with Gasteiger partial charge in [-0.05, 0) is 49.6 Å². The second-order valence-electron chi connectivity index (χ2n) is 7.85. The highest BCUT2D eigenvalue weighted by molar-refractivity contribution is 7.87. The maximum atomic E-state index is 12.7. The summed E-state index contributed by atoms with van der Waals surface area (Å²) < 4.78 is 5.73. The van der Waals surface area contributed by atoms with Gasteiger partial charge >= 0.3 is 0 Å². The molecule has 2 amide bonds. The smallest absolute Gasteiger partial charge is 0.284 e. The number of phenolic OH excluding ortho intramolecular Hbond substituents is 1. The first kappa shape index (κ1) is 24.6. The van der Waals surface area contributed by atoms with Gasteiger partial charge in [0.05, 0.1) is 21.8 Å². The third kappa shape index (κ3) is 5.74. The molecule has 0 aliphatic carbocycles. The van der Waals surface area contributed by atoms with Gasteiger partial charge in [-0.2, -0.15) is 9.46 Å². The highest BCUT2D eigenvalue weighted by Crippen LogP contribution is 2.21. The van der Waals surface area contributed by atoms with Crippen molar-refractivity contribution in [1.29, 1.82) is 0 Å². The van der Waals surface area contributed by atoms with E-state index in [0.717, 1.165) is 5.69 Å². The van der Waals surface area contributed by atoms with E-state index >= 15 is 0 Å². The summed E-state index contributed by atoms with van der Waals surface area (Å²) in [5.41, 5.74) is 3.18. The molecule has 0 saturated carbocycles. The van der Waals surface area contributed by atoms with Crippen molar-refractivity contribution in [2.75, 3.05) is 11.6 Å². The second kappa shape index (κ2) is 10.8. The van der Waals surface area contributed by atoms with Crippen LogP contribution in [0.4, 0.5) is 5.69 Å². The Morgan fingerprint density at radius 2 is 1.81 bits per heavy atom. The number of carbonyl (C=O) groups excluding carboxylic acids is 2. The molecule has 0 aliphatic rings. The Bertz CT molecular complexity index is 1560. The van der Waals surface area contributed by atoms with Gasteiger partial charge in [-0.15, -0.1) is 0 Å². The van der Waals surface area contributed by atoms with Crippen molar-refractivity contribution >= 4 is 28.2 Å². The van der Waals surface area contributed by atoms with Crippen molar-refractivity contribution in [3.63, 3.8) is 0 Å². The van der Waals surface area contributed by atoms with Crippen molar-refractivity contribution in [1.82, 2.24) is 14.8 Å². The first-order chi connectivity index (χ1) is 17.3. The maximum Gasteiger partial charge on any atom is 0.284 e. The average molecular weight is 498 g/mol. The number of benzene rings is 2. The Labute approximate surface area is 211 Å². The molecule has 0 aliphatic heterocycles. The van der Waals surface area contributed by atoms with Gasteiger partial charge < -0.3 is 10.4 Å². The number of para-hydroxylation sites is 2. The number of phenols is 1. The lowest BCUT2D eigenvalue weighted by molar-refractivity contribution is 0.1000. The molecule has 4 aromatic rings. The minimum atomic E-state index is -0.825. The van der Waals surface area contributed by atoms with Gasteiger partial charge in [-0.1, -0.05) is 46.8 Å². The van der Waals surface area contributed by atoms with Crippen LogP contribution >= 0.6 is 0 Å². The summed E-state index contributed by atoms with van der Waals surface area (Å²) in [4.78, 5) is 30.2. The van der Waals surface area contributed by atoms with Crippen LogP contribution in [0.25, 0.3) is 0 Å². The van der Waals surface area contributed by atoms with Crippen molar-refractivity contribution in [3.05, 3.63) is 101 Å². The number of anilines is 1. The van der Waals surface area contributed by atoms with E-state index in [1.165, 1.54) is 10.9 Å². The fourth-order valence-electron chi connectivity index (χ4n) is 3.41. The molecule has 0 radical (unpaired) electrons. The quantitative estimate of drug-likeness (QED) is 0.413. The number of pyridine rings is 1. The second-order valence-corrected chi connectivity index (χ2v) is 9.43. The van der Waals surface area contributed by atoms with Crippen molar-refractivity contribution in [2.45, 2.75) is 11.8 Å². The first-order valence-electron chi connectivity index (χ1n) is 10.9. The Morgan fingerprint density at radius 3 is 2.56 bits per heavy atom. The lowest BCUT2D eigenvalue weighted by Crippen LogP contribution is -2.16. The Balaban J connectivity index is 1.55. The number of aryl methyl sites for hydroxylation is 2. The number of hydrogen-bond donors (Lipinski definition) is 2. The predicted octanol–water partition coefficient (Wildman–Crippen LogP) is 4.11. The largest absolute Gasteiger partial charge is 0.507 e. The van der Waals surface area contributed by atoms with Crippen molar-refractivity contribution < 1.29 is 14.7 Å². The molecule has 2 heterocycles. The van der Waals surface area contributed by atoms with E-state index in [-0.39, 0.29) is 11.7 Å². The lowest BCUT2D eigenvalue weighted by Gasteiger charge is -2.07. The molecule has 2 aromatic heterocycles. The third-order valence-electron chi connectivity index (χ3n) is 5.14. The number of nitrogens with zero attached hydrogens (tertiary/aromatic N) is 4. The van der Waals surface area contributed by atoms with E-state index in [4.69, 9.17) is 0 Å². The van der Waals surface area contributed by atoms with Gasteiger partial charge in [0, 0.05) is 30.6 Å². The van der Waals surface area contributed by atoms with Crippen LogP contribution in [0, 0.1) is 18.8 Å². The van der Waals surface area contributed by atoms with Crippen molar-refractivity contribution in [2.24, 2.45) is 11.4 Å². The molecule has 8 nitrogen and oxygen atoms in total. The molecule has 180 valence electrons. The molecule has 4 rings (SSSR count). The SMILES string of the molecule is Cc1cc(C(=O)Nc2ccccc2C#Cc2cncc(C(=O)N=[S@@](C)c3ccccc3O)c2)n(C)n1. The van der Waals surface area contributed by atoms with E-state index < -0.39 is 16.6 Å². The molecule has 0 spiro atoms. The summed E-state index contributed by atoms with van der Waals surface area (Å²) >= 11 is 0. The number of nitrogens with one attached hydrogen (secondary N) is 1. The lowest BCUT2D eigenvalue weighted by atomic mass is 10.1. The van der Waals surface area contributed by atoms with Crippen LogP contribution < -0.4 is 5.32 Å². The Morgan fingerprint density at radius 1 is 1.06 bits per heavy atom. The zero-order valence-corrected chi connectivity index (χ0v) is 20.7. The number of rotatable bonds is 4. The zero-order valence-electron chi connectivity index (χ0n) is 19.9. The molecule has 36 heavy (non-hydrogen) atoms. The molecule has 0 saturated heterocycles. The predicted molar refractivity (Wildman–Crippen MR) is 139 cm³/mol. The van der Waals surface area contributed by atoms with Gasteiger partial charge in [0.25, 0.3) is 11.8 Å². The molecular weight excluding hydrogens is 474 g/mol. The summed E-state index contributed by atoms with van der Waals surface area (Å²) in [6, 6.07) is 17.3. The van der Waals surface area contributed by atoms with Crippen LogP contribution in [0.15, 0.2) is 82.3 Å². The van der Waals surface area contributed by atoms with Gasteiger partial charge in [0.2, 0.25) is 0 Å². The van der Waals surface area contributed by atoms with Crippen LogP contribution in [0.3, 0.4) is 0 Å². The zero-order chi connectivity index (χ0) is 25.7. The molecule has 0 unspecified atom stereocenters. The van der Waals surface area contributed by atoms with Gasteiger partial charge in [0.15, 0.2) is 0 Å². The Hall–Kier alpha value is -4.55. The molecule has 2 N–H and O–H groups in total. The summed E-state index contributed by atoms with van der Waals surface area (Å²) in [5, 5.41) is 17.1. The summed E-state index contributed by atoms with van der Waals surface area (Å²) in [6.45, 7) is 1.82. The van der Waals surface area contributed by atoms with E-state index in [1.807, 2.05) is 19.1 Å². The maximum absolute atomic E-state index is 12.7. The van der Waals surface area contributed by atoms with Crippen LogP contribution in [0.1, 0.15) is 37.7 Å². The van der Waals surface area contributed by atoms with Crippen LogP contribution in [-0.2, 0) is 17.7 Å². The van der Waals surface area contributed by atoms with E-state index in [9.17, 15) is 14.7 Å². The number of hydrogen-bond acceptors (Lipinski definition) is 5.